The van der Waals surface area contributed by atoms with Crippen LogP contribution in [0.3, 0.4) is 0 Å². The van der Waals surface area contributed by atoms with Gasteiger partial charge in [0.2, 0.25) is 0 Å². The summed E-state index contributed by atoms with van der Waals surface area (Å²) in [5, 5.41) is 7.26. The molecule has 0 aliphatic heterocycles. The summed E-state index contributed by atoms with van der Waals surface area (Å²) in [6.45, 7) is 3.62. The van der Waals surface area contributed by atoms with Gasteiger partial charge in [-0.1, -0.05) is 36.4 Å². The molecule has 0 saturated heterocycles. The van der Waals surface area contributed by atoms with Gasteiger partial charge >= 0.3 is 0 Å². The molecule has 0 aliphatic carbocycles. The average molecular weight is 321 g/mol. The number of carbonyl (C=O) groups excluding carboxylic acids is 1. The number of nitrogens with zero attached hydrogens (tertiary/aromatic N) is 2. The molecule has 3 rings (SSSR count). The Bertz CT molecular complexity index is 813. The smallest absolute Gasteiger partial charge is 0.266 e. The lowest BCUT2D eigenvalue weighted by atomic mass is 10.3. The third-order valence-electron chi connectivity index (χ3n) is 3.58. The van der Waals surface area contributed by atoms with E-state index in [0.29, 0.717) is 11.6 Å². The van der Waals surface area contributed by atoms with Gasteiger partial charge < -0.3 is 10.1 Å². The molecule has 1 amide bonds. The van der Waals surface area contributed by atoms with Crippen LogP contribution in [-0.2, 0) is 4.79 Å². The van der Waals surface area contributed by atoms with E-state index in [1.54, 1.807) is 11.6 Å². The molecular weight excluding hydrogens is 302 g/mol. The third-order valence-corrected chi connectivity index (χ3v) is 3.58. The summed E-state index contributed by atoms with van der Waals surface area (Å²) in [5.41, 5.74) is 1.83. The molecule has 0 saturated carbocycles. The number of hydrogen-bond donors (Lipinski definition) is 1. The summed E-state index contributed by atoms with van der Waals surface area (Å²) in [5.74, 6) is 0.958. The minimum absolute atomic E-state index is 0.236. The van der Waals surface area contributed by atoms with Crippen LogP contribution >= 0.6 is 0 Å². The Labute approximate surface area is 140 Å². The van der Waals surface area contributed by atoms with Gasteiger partial charge in [-0.3, -0.25) is 4.79 Å². The van der Waals surface area contributed by atoms with Crippen molar-refractivity contribution in [3.8, 4) is 11.4 Å². The lowest BCUT2D eigenvalue weighted by Gasteiger charge is -2.14. The highest BCUT2D eigenvalue weighted by Gasteiger charge is 2.17. The van der Waals surface area contributed by atoms with Crippen molar-refractivity contribution in [2.24, 2.45) is 0 Å². The first kappa shape index (κ1) is 15.8. The van der Waals surface area contributed by atoms with Crippen molar-refractivity contribution in [1.82, 2.24) is 9.78 Å². The zero-order chi connectivity index (χ0) is 16.9. The normalized spacial score (nSPS) is 11.8. The van der Waals surface area contributed by atoms with Crippen LogP contribution in [0.15, 0.2) is 66.9 Å². The third kappa shape index (κ3) is 3.63. The molecule has 3 aromatic rings. The van der Waals surface area contributed by atoms with Crippen LogP contribution in [0.5, 0.6) is 5.75 Å². The molecule has 0 spiro atoms. The molecule has 1 heterocycles. The van der Waals surface area contributed by atoms with Gasteiger partial charge in [0.1, 0.15) is 5.75 Å². The van der Waals surface area contributed by atoms with E-state index in [4.69, 9.17) is 4.74 Å². The van der Waals surface area contributed by atoms with Crippen LogP contribution in [0.1, 0.15) is 12.5 Å². The summed E-state index contributed by atoms with van der Waals surface area (Å²) in [6, 6.07) is 19.0. The van der Waals surface area contributed by atoms with E-state index in [-0.39, 0.29) is 5.91 Å². The highest BCUT2D eigenvalue weighted by Crippen LogP contribution is 2.17. The predicted molar refractivity (Wildman–Crippen MR) is 93.5 cm³/mol. The van der Waals surface area contributed by atoms with Crippen molar-refractivity contribution < 1.29 is 9.53 Å². The molecule has 0 radical (unpaired) electrons. The standard InChI is InChI=1S/C19H19N3O2/c1-14-13-22(16-9-5-3-6-10-16)21-18(14)20-19(23)15(2)24-17-11-7-4-8-12-17/h3-13,15H,1-2H3,(H,20,21,23)/t15-/m1/s1. The number of aryl methyl sites for hydroxylation is 1. The first-order chi connectivity index (χ1) is 11.6. The zero-order valence-electron chi connectivity index (χ0n) is 13.6. The Balaban J connectivity index is 1.69. The summed E-state index contributed by atoms with van der Waals surface area (Å²) in [4.78, 5) is 12.3. The van der Waals surface area contributed by atoms with Crippen LogP contribution in [-0.4, -0.2) is 21.8 Å². The highest BCUT2D eigenvalue weighted by atomic mass is 16.5. The number of para-hydroxylation sites is 2. The molecule has 0 bridgehead atoms. The molecule has 5 nitrogen and oxygen atoms in total. The van der Waals surface area contributed by atoms with Crippen LogP contribution in [0, 0.1) is 6.92 Å². The van der Waals surface area contributed by atoms with Crippen LogP contribution < -0.4 is 10.1 Å². The number of benzene rings is 2. The molecular formula is C19H19N3O2. The zero-order valence-corrected chi connectivity index (χ0v) is 13.6. The second-order valence-electron chi connectivity index (χ2n) is 5.50. The number of aromatic nitrogens is 2. The van der Waals surface area contributed by atoms with Crippen molar-refractivity contribution in [1.29, 1.82) is 0 Å². The molecule has 2 aromatic carbocycles. The van der Waals surface area contributed by atoms with E-state index < -0.39 is 6.10 Å². The van der Waals surface area contributed by atoms with Gasteiger partial charge in [-0.25, -0.2) is 4.68 Å². The molecule has 1 atom stereocenters. The van der Waals surface area contributed by atoms with Gasteiger partial charge in [0.25, 0.3) is 5.91 Å². The van der Waals surface area contributed by atoms with Gasteiger partial charge in [-0.2, -0.15) is 0 Å². The Morgan fingerprint density at radius 1 is 1.08 bits per heavy atom. The minimum atomic E-state index is -0.617. The topological polar surface area (TPSA) is 56.2 Å². The van der Waals surface area contributed by atoms with E-state index in [2.05, 4.69) is 10.4 Å². The van der Waals surface area contributed by atoms with Crippen molar-refractivity contribution in [2.45, 2.75) is 20.0 Å². The SMILES string of the molecule is Cc1cn(-c2ccccc2)nc1NC(=O)[C@@H](C)Oc1ccccc1. The van der Waals surface area contributed by atoms with E-state index in [0.717, 1.165) is 11.3 Å². The molecule has 0 unspecified atom stereocenters. The molecule has 5 heteroatoms. The number of rotatable bonds is 5. The summed E-state index contributed by atoms with van der Waals surface area (Å²) in [6.07, 6.45) is 1.27. The number of hydrogen-bond acceptors (Lipinski definition) is 3. The fourth-order valence-electron chi connectivity index (χ4n) is 2.27. The molecule has 0 fully saturated rings. The first-order valence-electron chi connectivity index (χ1n) is 7.78. The maximum atomic E-state index is 12.3. The van der Waals surface area contributed by atoms with Crippen LogP contribution in [0.2, 0.25) is 0 Å². The van der Waals surface area contributed by atoms with E-state index in [1.807, 2.05) is 73.8 Å². The number of amides is 1. The monoisotopic (exact) mass is 321 g/mol. The molecule has 1 N–H and O–H groups in total. The Morgan fingerprint density at radius 3 is 2.38 bits per heavy atom. The van der Waals surface area contributed by atoms with Crippen LogP contribution in [0.25, 0.3) is 5.69 Å². The van der Waals surface area contributed by atoms with Crippen molar-refractivity contribution in [3.63, 3.8) is 0 Å². The van der Waals surface area contributed by atoms with Crippen LogP contribution in [0.4, 0.5) is 5.82 Å². The van der Waals surface area contributed by atoms with Gasteiger partial charge in [-0.15, -0.1) is 5.10 Å². The maximum Gasteiger partial charge on any atom is 0.266 e. The maximum absolute atomic E-state index is 12.3. The van der Waals surface area contributed by atoms with Gasteiger partial charge in [0, 0.05) is 11.8 Å². The van der Waals surface area contributed by atoms with Gasteiger partial charge in [0.05, 0.1) is 5.69 Å². The summed E-state index contributed by atoms with van der Waals surface area (Å²) >= 11 is 0. The number of ether oxygens (including phenoxy) is 1. The molecule has 0 aliphatic rings. The quantitative estimate of drug-likeness (QED) is 0.781. The number of nitrogens with one attached hydrogen (secondary N) is 1. The minimum Gasteiger partial charge on any atom is -0.481 e. The average Bonchev–Trinajstić information content (AvgIpc) is 2.97. The lowest BCUT2D eigenvalue weighted by Crippen LogP contribution is -2.30. The fourth-order valence-corrected chi connectivity index (χ4v) is 2.27. The van der Waals surface area contributed by atoms with E-state index in [1.165, 1.54) is 0 Å². The van der Waals surface area contributed by atoms with Crippen molar-refractivity contribution in [2.75, 3.05) is 5.32 Å². The van der Waals surface area contributed by atoms with E-state index >= 15 is 0 Å². The second kappa shape index (κ2) is 7.00. The van der Waals surface area contributed by atoms with Crippen molar-refractivity contribution in [3.05, 3.63) is 72.4 Å². The summed E-state index contributed by atoms with van der Waals surface area (Å²) < 4.78 is 7.38. The van der Waals surface area contributed by atoms with Crippen molar-refractivity contribution >= 4 is 11.7 Å². The lowest BCUT2D eigenvalue weighted by molar-refractivity contribution is -0.122. The number of carbonyl (C=O) groups is 1. The Morgan fingerprint density at radius 2 is 1.71 bits per heavy atom. The fraction of sp³-hybridized carbons (Fsp3) is 0.158. The molecule has 1 aromatic heterocycles. The van der Waals surface area contributed by atoms with Gasteiger partial charge in [0.15, 0.2) is 11.9 Å². The number of anilines is 1. The van der Waals surface area contributed by atoms with E-state index in [9.17, 15) is 4.79 Å². The molecule has 24 heavy (non-hydrogen) atoms. The first-order valence-corrected chi connectivity index (χ1v) is 7.78. The second-order valence-corrected chi connectivity index (χ2v) is 5.50. The Kier molecular flexibility index (Phi) is 4.61. The van der Waals surface area contributed by atoms with Gasteiger partial charge in [-0.05, 0) is 38.1 Å². The summed E-state index contributed by atoms with van der Waals surface area (Å²) in [7, 11) is 0. The Hall–Kier alpha value is -3.08. The predicted octanol–water partition coefficient (Wildman–Crippen LogP) is 3.59. The highest BCUT2D eigenvalue weighted by molar-refractivity contribution is 5.93. The molecule has 122 valence electrons. The largest absolute Gasteiger partial charge is 0.481 e.